The van der Waals surface area contributed by atoms with Gasteiger partial charge in [-0.3, -0.25) is 9.59 Å². The van der Waals surface area contributed by atoms with Gasteiger partial charge in [0.1, 0.15) is 17.1 Å². The van der Waals surface area contributed by atoms with E-state index < -0.39 is 6.04 Å². The Kier molecular flexibility index (Phi) is 7.07. The SMILES string of the molecule is COc1ccc(CN2C(=O)c3oc4ccc(Br)cc4c(=O)c3C2c2cccc(OCCC(C)C)c2)cc1. The molecule has 1 amide bonds. The molecule has 1 aliphatic rings. The van der Waals surface area contributed by atoms with E-state index in [-0.39, 0.29) is 17.1 Å². The monoisotopic (exact) mass is 561 g/mol. The van der Waals surface area contributed by atoms with Gasteiger partial charge in [-0.25, -0.2) is 0 Å². The van der Waals surface area contributed by atoms with Crippen molar-refractivity contribution < 1.29 is 18.7 Å². The van der Waals surface area contributed by atoms with Gasteiger partial charge in [-0.05, 0) is 65.9 Å². The normalized spacial score (nSPS) is 14.9. The number of halogens is 1. The smallest absolute Gasteiger partial charge is 0.291 e. The van der Waals surface area contributed by atoms with Gasteiger partial charge in [0, 0.05) is 11.0 Å². The van der Waals surface area contributed by atoms with Crippen LogP contribution in [-0.4, -0.2) is 24.5 Å². The second-order valence-corrected chi connectivity index (χ2v) is 10.5. The number of benzene rings is 3. The molecule has 7 heteroatoms. The number of carbonyl (C=O) groups is 1. The molecular weight excluding hydrogens is 534 g/mol. The summed E-state index contributed by atoms with van der Waals surface area (Å²) in [5.74, 6) is 1.74. The molecule has 2 heterocycles. The van der Waals surface area contributed by atoms with E-state index in [1.807, 2.05) is 48.5 Å². The van der Waals surface area contributed by atoms with Crippen LogP contribution < -0.4 is 14.9 Å². The molecule has 0 fully saturated rings. The Balaban J connectivity index is 1.61. The van der Waals surface area contributed by atoms with Crippen LogP contribution in [0.3, 0.4) is 0 Å². The molecule has 0 spiro atoms. The largest absolute Gasteiger partial charge is 0.497 e. The van der Waals surface area contributed by atoms with E-state index in [1.165, 1.54) is 0 Å². The number of methoxy groups -OCH3 is 1. The third-order valence-electron chi connectivity index (χ3n) is 6.58. The van der Waals surface area contributed by atoms with Crippen molar-refractivity contribution in [2.45, 2.75) is 32.9 Å². The summed E-state index contributed by atoms with van der Waals surface area (Å²) in [7, 11) is 1.61. The van der Waals surface area contributed by atoms with Crippen molar-refractivity contribution in [3.05, 3.63) is 104 Å². The highest BCUT2D eigenvalue weighted by atomic mass is 79.9. The van der Waals surface area contributed by atoms with Crippen LogP contribution in [0.15, 0.2) is 80.4 Å². The summed E-state index contributed by atoms with van der Waals surface area (Å²) in [6.45, 7) is 5.20. The highest BCUT2D eigenvalue weighted by molar-refractivity contribution is 9.10. The molecule has 1 unspecified atom stereocenters. The maximum Gasteiger partial charge on any atom is 0.291 e. The van der Waals surface area contributed by atoms with Crippen molar-refractivity contribution >= 4 is 32.8 Å². The topological polar surface area (TPSA) is 69.0 Å². The van der Waals surface area contributed by atoms with Gasteiger partial charge in [0.05, 0.1) is 30.7 Å². The fourth-order valence-corrected chi connectivity index (χ4v) is 4.98. The molecule has 3 aromatic carbocycles. The van der Waals surface area contributed by atoms with Crippen LogP contribution in [0.2, 0.25) is 0 Å². The number of ether oxygens (including phenoxy) is 2. The predicted octanol–water partition coefficient (Wildman–Crippen LogP) is 6.73. The highest BCUT2D eigenvalue weighted by Gasteiger charge is 2.42. The zero-order valence-corrected chi connectivity index (χ0v) is 22.6. The summed E-state index contributed by atoms with van der Waals surface area (Å²) in [5.41, 5.74) is 2.24. The molecule has 0 saturated carbocycles. The van der Waals surface area contributed by atoms with E-state index in [1.54, 1.807) is 30.2 Å². The first-order valence-corrected chi connectivity index (χ1v) is 13.1. The Morgan fingerprint density at radius 1 is 1.00 bits per heavy atom. The van der Waals surface area contributed by atoms with Gasteiger partial charge in [0.15, 0.2) is 5.43 Å². The van der Waals surface area contributed by atoms with Crippen LogP contribution in [-0.2, 0) is 6.54 Å². The fraction of sp³-hybridized carbons (Fsp3) is 0.267. The summed E-state index contributed by atoms with van der Waals surface area (Å²) in [6.07, 6.45) is 0.934. The number of nitrogens with zero attached hydrogens (tertiary/aromatic N) is 1. The molecule has 0 aliphatic carbocycles. The van der Waals surface area contributed by atoms with Gasteiger partial charge in [-0.2, -0.15) is 0 Å². The summed E-state index contributed by atoms with van der Waals surface area (Å²) in [6, 6.07) is 19.8. The fourth-order valence-electron chi connectivity index (χ4n) is 4.62. The number of carbonyl (C=O) groups excluding carboxylic acids is 1. The lowest BCUT2D eigenvalue weighted by Crippen LogP contribution is -2.29. The minimum absolute atomic E-state index is 0.0875. The number of rotatable bonds is 8. The number of fused-ring (bicyclic) bond motifs is 2. The number of hydrogen-bond acceptors (Lipinski definition) is 5. The summed E-state index contributed by atoms with van der Waals surface area (Å²) >= 11 is 3.45. The Labute approximate surface area is 223 Å². The quantitative estimate of drug-likeness (QED) is 0.238. The van der Waals surface area contributed by atoms with Crippen molar-refractivity contribution in [3.63, 3.8) is 0 Å². The number of amides is 1. The van der Waals surface area contributed by atoms with Crippen LogP contribution in [0.1, 0.15) is 53.6 Å². The standard InChI is InChI=1S/C30H28BrNO5/c1-18(2)13-14-36-23-6-4-5-20(15-23)27-26-28(33)24-16-21(31)9-12-25(24)37-29(26)30(34)32(27)17-19-7-10-22(35-3)11-8-19/h4-12,15-16,18,27H,13-14,17H2,1-3H3. The highest BCUT2D eigenvalue weighted by Crippen LogP contribution is 2.40. The predicted molar refractivity (Wildman–Crippen MR) is 146 cm³/mol. The summed E-state index contributed by atoms with van der Waals surface area (Å²) in [5, 5.41) is 0.432. The van der Waals surface area contributed by atoms with E-state index in [0.29, 0.717) is 41.4 Å². The van der Waals surface area contributed by atoms with Gasteiger partial charge < -0.3 is 18.8 Å². The van der Waals surface area contributed by atoms with Crippen molar-refractivity contribution in [1.82, 2.24) is 4.90 Å². The third-order valence-corrected chi connectivity index (χ3v) is 7.07. The lowest BCUT2D eigenvalue weighted by atomic mass is 9.98. The van der Waals surface area contributed by atoms with Crippen LogP contribution in [0.4, 0.5) is 0 Å². The third kappa shape index (κ3) is 5.01. The van der Waals surface area contributed by atoms with Gasteiger partial charge in [-0.1, -0.05) is 54.0 Å². The molecule has 1 atom stereocenters. The van der Waals surface area contributed by atoms with Crippen molar-refractivity contribution in [3.8, 4) is 11.5 Å². The molecule has 0 radical (unpaired) electrons. The minimum atomic E-state index is -0.613. The van der Waals surface area contributed by atoms with E-state index in [4.69, 9.17) is 13.9 Å². The molecule has 37 heavy (non-hydrogen) atoms. The molecule has 1 aliphatic heterocycles. The maximum absolute atomic E-state index is 13.8. The second-order valence-electron chi connectivity index (χ2n) is 9.60. The Morgan fingerprint density at radius 3 is 2.51 bits per heavy atom. The first-order chi connectivity index (χ1) is 17.9. The number of hydrogen-bond donors (Lipinski definition) is 0. The Hall–Kier alpha value is -3.58. The van der Waals surface area contributed by atoms with Gasteiger partial charge in [-0.15, -0.1) is 0 Å². The first-order valence-electron chi connectivity index (χ1n) is 12.3. The van der Waals surface area contributed by atoms with E-state index in [0.717, 1.165) is 27.8 Å². The van der Waals surface area contributed by atoms with E-state index in [2.05, 4.69) is 29.8 Å². The second kappa shape index (κ2) is 10.4. The molecule has 190 valence electrons. The first kappa shape index (κ1) is 25.1. The molecule has 6 nitrogen and oxygen atoms in total. The van der Waals surface area contributed by atoms with Gasteiger partial charge >= 0.3 is 0 Å². The molecule has 0 bridgehead atoms. The van der Waals surface area contributed by atoms with Crippen molar-refractivity contribution in [2.24, 2.45) is 5.92 Å². The van der Waals surface area contributed by atoms with Crippen LogP contribution in [0.25, 0.3) is 11.0 Å². The lowest BCUT2D eigenvalue weighted by molar-refractivity contribution is 0.0714. The molecule has 4 aromatic rings. The van der Waals surface area contributed by atoms with Gasteiger partial charge in [0.25, 0.3) is 5.91 Å². The van der Waals surface area contributed by atoms with E-state index >= 15 is 0 Å². The summed E-state index contributed by atoms with van der Waals surface area (Å²) < 4.78 is 18.1. The van der Waals surface area contributed by atoms with Crippen molar-refractivity contribution in [1.29, 1.82) is 0 Å². The van der Waals surface area contributed by atoms with Crippen LogP contribution in [0.5, 0.6) is 11.5 Å². The molecular formula is C30H28BrNO5. The Bertz CT molecular complexity index is 1510. The van der Waals surface area contributed by atoms with Crippen molar-refractivity contribution in [2.75, 3.05) is 13.7 Å². The zero-order chi connectivity index (χ0) is 26.1. The minimum Gasteiger partial charge on any atom is -0.497 e. The molecule has 1 aromatic heterocycles. The van der Waals surface area contributed by atoms with Gasteiger partial charge in [0.2, 0.25) is 5.76 Å². The average Bonchev–Trinajstić information content (AvgIpc) is 3.16. The molecule has 5 rings (SSSR count). The Morgan fingerprint density at radius 2 is 1.78 bits per heavy atom. The van der Waals surface area contributed by atoms with E-state index in [9.17, 15) is 9.59 Å². The lowest BCUT2D eigenvalue weighted by Gasteiger charge is -2.25. The zero-order valence-electron chi connectivity index (χ0n) is 21.0. The molecule has 0 saturated heterocycles. The average molecular weight is 562 g/mol. The molecule has 0 N–H and O–H groups in total. The maximum atomic E-state index is 13.8. The van der Waals surface area contributed by atoms with Crippen LogP contribution in [0, 0.1) is 5.92 Å². The summed E-state index contributed by atoms with van der Waals surface area (Å²) in [4.78, 5) is 29.2. The van der Waals surface area contributed by atoms with Crippen LogP contribution >= 0.6 is 15.9 Å².